The number of rotatable bonds is 1. The lowest BCUT2D eigenvalue weighted by Gasteiger charge is -2.34. The first-order valence-corrected chi connectivity index (χ1v) is 6.09. The van der Waals surface area contributed by atoms with Gasteiger partial charge in [0.25, 0.3) is 0 Å². The highest BCUT2D eigenvalue weighted by Crippen LogP contribution is 2.39. The zero-order valence-electron chi connectivity index (χ0n) is 9.82. The molecule has 1 heterocycles. The van der Waals surface area contributed by atoms with Crippen LogP contribution in [0.4, 0.5) is 0 Å². The Morgan fingerprint density at radius 3 is 2.44 bits per heavy atom. The van der Waals surface area contributed by atoms with Crippen LogP contribution in [0.5, 0.6) is 11.5 Å². The number of aliphatic hydroxyl groups is 3. The van der Waals surface area contributed by atoms with Crippen LogP contribution in [0, 0.1) is 0 Å². The molecule has 3 unspecified atom stereocenters. The van der Waals surface area contributed by atoms with Gasteiger partial charge >= 0.3 is 0 Å². The third-order valence-corrected chi connectivity index (χ3v) is 3.71. The van der Waals surface area contributed by atoms with Gasteiger partial charge in [-0.2, -0.15) is 0 Å². The Morgan fingerprint density at radius 1 is 0.889 bits per heavy atom. The van der Waals surface area contributed by atoms with Crippen LogP contribution in [-0.4, -0.2) is 40.4 Å². The van der Waals surface area contributed by atoms with Crippen LogP contribution in [-0.2, 0) is 0 Å². The summed E-state index contributed by atoms with van der Waals surface area (Å²) in [6.07, 6.45) is -1.74. The summed E-state index contributed by atoms with van der Waals surface area (Å²) >= 11 is 0. The van der Waals surface area contributed by atoms with E-state index in [0.717, 1.165) is 5.56 Å². The number of fused-ring (bicyclic) bond motifs is 1. The average Bonchev–Trinajstić information content (AvgIpc) is 2.80. The molecule has 1 aromatic carbocycles. The van der Waals surface area contributed by atoms with E-state index in [4.69, 9.17) is 9.47 Å². The first-order chi connectivity index (χ1) is 8.65. The smallest absolute Gasteiger partial charge is 0.231 e. The lowest BCUT2D eigenvalue weighted by atomic mass is 9.79. The van der Waals surface area contributed by atoms with E-state index in [0.29, 0.717) is 17.9 Å². The van der Waals surface area contributed by atoms with E-state index in [2.05, 4.69) is 0 Å². The number of hydrogen-bond donors (Lipinski definition) is 3. The number of hydrogen-bond acceptors (Lipinski definition) is 5. The van der Waals surface area contributed by atoms with Crippen LogP contribution in [0.2, 0.25) is 0 Å². The van der Waals surface area contributed by atoms with Crippen LogP contribution in [0.25, 0.3) is 0 Å². The normalized spacial score (nSPS) is 34.6. The average molecular weight is 252 g/mol. The molecule has 2 aliphatic rings. The van der Waals surface area contributed by atoms with Crippen LogP contribution >= 0.6 is 0 Å². The SMILES string of the molecule is OC1CC(c2ccc3c(c2)OCO3)[C@@H](O)CC1O. The van der Waals surface area contributed by atoms with Gasteiger partial charge in [0.1, 0.15) is 0 Å². The molecule has 0 radical (unpaired) electrons. The minimum Gasteiger partial charge on any atom is -0.454 e. The summed E-state index contributed by atoms with van der Waals surface area (Å²) < 4.78 is 10.5. The van der Waals surface area contributed by atoms with E-state index < -0.39 is 18.3 Å². The van der Waals surface area contributed by atoms with Gasteiger partial charge in [-0.1, -0.05) is 6.07 Å². The van der Waals surface area contributed by atoms with Crippen LogP contribution in [0.15, 0.2) is 18.2 Å². The first kappa shape index (κ1) is 11.8. The molecule has 1 aliphatic carbocycles. The fourth-order valence-electron chi connectivity index (χ4n) is 2.65. The maximum Gasteiger partial charge on any atom is 0.231 e. The summed E-state index contributed by atoms with van der Waals surface area (Å²) in [5, 5.41) is 29.2. The van der Waals surface area contributed by atoms with Gasteiger partial charge in [-0.3, -0.25) is 0 Å². The predicted octanol–water partition coefficient (Wildman–Crippen LogP) is 0.375. The molecule has 0 spiro atoms. The molecule has 3 N–H and O–H groups in total. The van der Waals surface area contributed by atoms with E-state index in [1.165, 1.54) is 0 Å². The molecule has 1 saturated carbocycles. The van der Waals surface area contributed by atoms with Gasteiger partial charge in [0.2, 0.25) is 6.79 Å². The second-order valence-corrected chi connectivity index (χ2v) is 4.89. The van der Waals surface area contributed by atoms with Crippen molar-refractivity contribution in [3.05, 3.63) is 23.8 Å². The zero-order valence-corrected chi connectivity index (χ0v) is 9.82. The Morgan fingerprint density at radius 2 is 1.61 bits per heavy atom. The number of aliphatic hydroxyl groups excluding tert-OH is 3. The van der Waals surface area contributed by atoms with Gasteiger partial charge < -0.3 is 24.8 Å². The van der Waals surface area contributed by atoms with Gasteiger partial charge in [0.15, 0.2) is 11.5 Å². The molecule has 1 aromatic rings. The van der Waals surface area contributed by atoms with Crippen LogP contribution in [0.1, 0.15) is 24.3 Å². The molecule has 1 aliphatic heterocycles. The molecule has 4 atom stereocenters. The zero-order chi connectivity index (χ0) is 12.7. The van der Waals surface area contributed by atoms with E-state index in [-0.39, 0.29) is 19.1 Å². The van der Waals surface area contributed by atoms with Gasteiger partial charge in [-0.25, -0.2) is 0 Å². The summed E-state index contributed by atoms with van der Waals surface area (Å²) in [5.74, 6) is 1.18. The monoisotopic (exact) mass is 252 g/mol. The van der Waals surface area contributed by atoms with Crippen LogP contribution in [0.3, 0.4) is 0 Å². The summed E-state index contributed by atoms with van der Waals surface area (Å²) in [7, 11) is 0. The second kappa shape index (κ2) is 4.42. The Balaban J connectivity index is 1.85. The highest BCUT2D eigenvalue weighted by molar-refractivity contribution is 5.45. The van der Waals surface area contributed by atoms with Crippen molar-refractivity contribution in [1.29, 1.82) is 0 Å². The highest BCUT2D eigenvalue weighted by atomic mass is 16.7. The topological polar surface area (TPSA) is 79.2 Å². The maximum atomic E-state index is 10.0. The molecular formula is C13H16O5. The summed E-state index contributed by atoms with van der Waals surface area (Å²) in [6.45, 7) is 0.216. The van der Waals surface area contributed by atoms with Crippen molar-refractivity contribution in [3.8, 4) is 11.5 Å². The second-order valence-electron chi connectivity index (χ2n) is 4.89. The molecule has 0 aromatic heterocycles. The van der Waals surface area contributed by atoms with E-state index in [1.807, 2.05) is 18.2 Å². The molecule has 0 saturated heterocycles. The molecule has 18 heavy (non-hydrogen) atoms. The molecule has 5 nitrogen and oxygen atoms in total. The molecule has 0 bridgehead atoms. The minimum atomic E-state index is -0.842. The Labute approximate surface area is 105 Å². The first-order valence-electron chi connectivity index (χ1n) is 6.09. The van der Waals surface area contributed by atoms with Gasteiger partial charge in [0, 0.05) is 12.3 Å². The third kappa shape index (κ3) is 1.94. The maximum absolute atomic E-state index is 10.0. The Bertz CT molecular complexity index is 447. The van der Waals surface area contributed by atoms with E-state index in [1.54, 1.807) is 0 Å². The Hall–Kier alpha value is -1.30. The molecular weight excluding hydrogens is 236 g/mol. The van der Waals surface area contributed by atoms with Gasteiger partial charge in [0.05, 0.1) is 18.3 Å². The summed E-state index contributed by atoms with van der Waals surface area (Å²) in [4.78, 5) is 0. The number of ether oxygens (including phenoxy) is 2. The van der Waals surface area contributed by atoms with Crippen molar-refractivity contribution >= 4 is 0 Å². The van der Waals surface area contributed by atoms with Crippen molar-refractivity contribution in [1.82, 2.24) is 0 Å². The van der Waals surface area contributed by atoms with Crippen molar-refractivity contribution < 1.29 is 24.8 Å². The summed E-state index contributed by atoms with van der Waals surface area (Å²) in [6, 6.07) is 5.51. The molecule has 98 valence electrons. The van der Waals surface area contributed by atoms with Crippen molar-refractivity contribution in [2.24, 2.45) is 0 Å². The highest BCUT2D eigenvalue weighted by Gasteiger charge is 2.35. The molecule has 1 fully saturated rings. The fraction of sp³-hybridized carbons (Fsp3) is 0.538. The molecule has 5 heteroatoms. The third-order valence-electron chi connectivity index (χ3n) is 3.71. The van der Waals surface area contributed by atoms with Crippen molar-refractivity contribution in [2.45, 2.75) is 37.1 Å². The lowest BCUT2D eigenvalue weighted by molar-refractivity contribution is -0.0600. The Kier molecular flexibility index (Phi) is 2.89. The lowest BCUT2D eigenvalue weighted by Crippen LogP contribution is -2.40. The molecule has 0 amide bonds. The van der Waals surface area contributed by atoms with E-state index in [9.17, 15) is 15.3 Å². The number of benzene rings is 1. The fourth-order valence-corrected chi connectivity index (χ4v) is 2.65. The van der Waals surface area contributed by atoms with Crippen molar-refractivity contribution in [3.63, 3.8) is 0 Å². The largest absolute Gasteiger partial charge is 0.454 e. The predicted molar refractivity (Wildman–Crippen MR) is 62.6 cm³/mol. The van der Waals surface area contributed by atoms with Crippen molar-refractivity contribution in [2.75, 3.05) is 6.79 Å². The summed E-state index contributed by atoms with van der Waals surface area (Å²) in [5.41, 5.74) is 0.901. The quantitative estimate of drug-likeness (QED) is 0.673. The minimum absolute atomic E-state index is 0.183. The van der Waals surface area contributed by atoms with Gasteiger partial charge in [-0.05, 0) is 24.1 Å². The standard InChI is InChI=1S/C13H16O5/c14-9-5-11(16)10(15)4-8(9)7-1-2-12-13(3-7)18-6-17-12/h1-3,8-11,14-16H,4-6H2/t8?,9-,10?,11?/m0/s1. The molecule has 3 rings (SSSR count). The van der Waals surface area contributed by atoms with Crippen LogP contribution < -0.4 is 9.47 Å². The van der Waals surface area contributed by atoms with Gasteiger partial charge in [-0.15, -0.1) is 0 Å². The van der Waals surface area contributed by atoms with E-state index >= 15 is 0 Å².